The molecule has 3 aromatic heterocycles. The van der Waals surface area contributed by atoms with Crippen molar-refractivity contribution in [3.8, 4) is 10.6 Å². The van der Waals surface area contributed by atoms with E-state index >= 15 is 0 Å². The Morgan fingerprint density at radius 2 is 1.87 bits per heavy atom. The average Bonchev–Trinajstić information content (AvgIpc) is 2.98. The smallest absolute Gasteiger partial charge is 0.158 e. The van der Waals surface area contributed by atoms with Crippen LogP contribution < -0.4 is 5.73 Å². The van der Waals surface area contributed by atoms with Gasteiger partial charge in [0, 0.05) is 5.56 Å². The third-order valence-electron chi connectivity index (χ3n) is 4.49. The molecule has 23 heavy (non-hydrogen) atoms. The molecule has 0 aromatic carbocycles. The van der Waals surface area contributed by atoms with Gasteiger partial charge in [-0.1, -0.05) is 13.8 Å². The van der Waals surface area contributed by atoms with Crippen molar-refractivity contribution in [2.45, 2.75) is 53.4 Å². The lowest BCUT2D eigenvalue weighted by Crippen LogP contribution is -2.05. The molecule has 0 amide bonds. The Morgan fingerprint density at radius 1 is 1.17 bits per heavy atom. The summed E-state index contributed by atoms with van der Waals surface area (Å²) in [6.45, 7) is 10.7. The Balaban J connectivity index is 2.33. The van der Waals surface area contributed by atoms with Crippen LogP contribution in [-0.2, 0) is 0 Å². The lowest BCUT2D eigenvalue weighted by molar-refractivity contribution is 0.638. The van der Waals surface area contributed by atoms with Gasteiger partial charge in [-0.15, -0.1) is 11.3 Å². The molecule has 4 nitrogen and oxygen atoms in total. The number of aromatic nitrogens is 3. The van der Waals surface area contributed by atoms with Crippen LogP contribution in [0, 0.1) is 20.8 Å². The minimum absolute atomic E-state index is 0.517. The highest BCUT2D eigenvalue weighted by molar-refractivity contribution is 7.19. The maximum absolute atomic E-state index is 6.00. The van der Waals surface area contributed by atoms with E-state index in [0.717, 1.165) is 40.6 Å². The third kappa shape index (κ3) is 2.63. The summed E-state index contributed by atoms with van der Waals surface area (Å²) in [5.74, 6) is 0.517. The molecule has 0 atom stereocenters. The Kier molecular flexibility index (Phi) is 4.15. The van der Waals surface area contributed by atoms with Gasteiger partial charge in [0.1, 0.15) is 5.69 Å². The van der Waals surface area contributed by atoms with Gasteiger partial charge in [0.2, 0.25) is 0 Å². The number of nitrogens with zero attached hydrogens (tertiary/aromatic N) is 3. The van der Waals surface area contributed by atoms with E-state index < -0.39 is 0 Å². The summed E-state index contributed by atoms with van der Waals surface area (Å²) in [5, 5.41) is 5.59. The van der Waals surface area contributed by atoms with E-state index in [1.165, 1.54) is 16.0 Å². The maximum atomic E-state index is 6.00. The number of hydrogen-bond acceptors (Lipinski definition) is 4. The van der Waals surface area contributed by atoms with Gasteiger partial charge >= 0.3 is 0 Å². The minimum Gasteiger partial charge on any atom is -0.391 e. The van der Waals surface area contributed by atoms with Gasteiger partial charge in [-0.2, -0.15) is 5.10 Å². The predicted molar refractivity (Wildman–Crippen MR) is 98.2 cm³/mol. The number of rotatable bonds is 4. The van der Waals surface area contributed by atoms with Crippen molar-refractivity contribution >= 4 is 22.0 Å². The summed E-state index contributed by atoms with van der Waals surface area (Å²) >= 11 is 1.61. The van der Waals surface area contributed by atoms with Gasteiger partial charge in [0.15, 0.2) is 5.65 Å². The Labute approximate surface area is 141 Å². The van der Waals surface area contributed by atoms with Crippen molar-refractivity contribution in [1.82, 2.24) is 14.6 Å². The Hall–Kier alpha value is -1.88. The number of fused-ring (bicyclic) bond motifs is 1. The van der Waals surface area contributed by atoms with E-state index in [1.54, 1.807) is 11.3 Å². The van der Waals surface area contributed by atoms with Crippen LogP contribution in [0.1, 0.15) is 55.1 Å². The molecule has 0 saturated heterocycles. The lowest BCUT2D eigenvalue weighted by Gasteiger charge is -2.14. The number of anilines is 1. The zero-order chi connectivity index (χ0) is 16.7. The van der Waals surface area contributed by atoms with Crippen LogP contribution in [0.3, 0.4) is 0 Å². The second kappa shape index (κ2) is 5.96. The van der Waals surface area contributed by atoms with E-state index in [-0.39, 0.29) is 0 Å². The normalized spacial score (nSPS) is 11.7. The van der Waals surface area contributed by atoms with Gasteiger partial charge in [0.25, 0.3) is 0 Å². The molecule has 3 heterocycles. The molecule has 0 aliphatic rings. The predicted octanol–water partition coefficient (Wildman–Crippen LogP) is 4.87. The summed E-state index contributed by atoms with van der Waals surface area (Å²) in [4.78, 5) is 6.03. The van der Waals surface area contributed by atoms with E-state index in [0.29, 0.717) is 5.92 Å². The molecule has 3 aromatic rings. The summed E-state index contributed by atoms with van der Waals surface area (Å²) in [7, 11) is 0. The summed E-state index contributed by atoms with van der Waals surface area (Å²) in [6, 6.07) is 4.22. The SMILES string of the molecule is CCC(CC)c1cc(C)nn2c(-c3sc(N)cc3C)c(C)nc12. The molecule has 0 saturated carbocycles. The number of hydrogen-bond donors (Lipinski definition) is 1. The largest absolute Gasteiger partial charge is 0.391 e. The maximum Gasteiger partial charge on any atom is 0.158 e. The fraction of sp³-hybridized carbons (Fsp3) is 0.444. The average molecular weight is 328 g/mol. The first kappa shape index (κ1) is 16.0. The summed E-state index contributed by atoms with van der Waals surface area (Å²) in [5.41, 5.74) is 12.6. The molecule has 0 radical (unpaired) electrons. The number of imidazole rings is 1. The van der Waals surface area contributed by atoms with Crippen LogP contribution in [0.25, 0.3) is 16.2 Å². The molecule has 0 aliphatic heterocycles. The first-order valence-electron chi connectivity index (χ1n) is 8.19. The van der Waals surface area contributed by atoms with Crippen LogP contribution in [0.2, 0.25) is 0 Å². The first-order chi connectivity index (χ1) is 11.0. The second-order valence-corrected chi connectivity index (χ2v) is 7.28. The standard InChI is InChI=1S/C18H24N4S/c1-6-13(7-2)14-9-11(4)21-22-16(12(5)20-18(14)22)17-10(3)8-15(19)23-17/h8-9,13H,6-7,19H2,1-5H3. The summed E-state index contributed by atoms with van der Waals surface area (Å²) < 4.78 is 2.02. The number of aryl methyl sites for hydroxylation is 3. The van der Waals surface area contributed by atoms with Crippen LogP contribution in [0.5, 0.6) is 0 Å². The fourth-order valence-electron chi connectivity index (χ4n) is 3.31. The lowest BCUT2D eigenvalue weighted by atomic mass is 9.95. The second-order valence-electron chi connectivity index (χ2n) is 6.20. The molecule has 2 N–H and O–H groups in total. The van der Waals surface area contributed by atoms with Crippen molar-refractivity contribution in [3.63, 3.8) is 0 Å². The molecule has 0 aliphatic carbocycles. The molecule has 0 spiro atoms. The van der Waals surface area contributed by atoms with E-state index in [2.05, 4.69) is 40.7 Å². The minimum atomic E-state index is 0.517. The van der Waals surface area contributed by atoms with Gasteiger partial charge in [-0.25, -0.2) is 9.50 Å². The topological polar surface area (TPSA) is 56.2 Å². The molecule has 122 valence electrons. The van der Waals surface area contributed by atoms with Crippen LogP contribution >= 0.6 is 11.3 Å². The van der Waals surface area contributed by atoms with Crippen molar-refractivity contribution in [1.29, 1.82) is 0 Å². The quantitative estimate of drug-likeness (QED) is 0.743. The van der Waals surface area contributed by atoms with Crippen LogP contribution in [0.4, 0.5) is 5.00 Å². The highest BCUT2D eigenvalue weighted by Gasteiger charge is 2.21. The molecule has 0 fully saturated rings. The number of nitrogen functional groups attached to an aromatic ring is 1. The van der Waals surface area contributed by atoms with Crippen molar-refractivity contribution in [2.24, 2.45) is 0 Å². The molecular weight excluding hydrogens is 304 g/mol. The first-order valence-corrected chi connectivity index (χ1v) is 9.01. The van der Waals surface area contributed by atoms with Crippen LogP contribution in [-0.4, -0.2) is 14.6 Å². The fourth-order valence-corrected chi connectivity index (χ4v) is 4.33. The number of thiophene rings is 1. The zero-order valence-electron chi connectivity index (χ0n) is 14.5. The monoisotopic (exact) mass is 328 g/mol. The molecule has 5 heteroatoms. The van der Waals surface area contributed by atoms with Crippen molar-refractivity contribution in [2.75, 3.05) is 5.73 Å². The van der Waals surface area contributed by atoms with Gasteiger partial charge < -0.3 is 5.73 Å². The van der Waals surface area contributed by atoms with E-state index in [1.807, 2.05) is 10.6 Å². The highest BCUT2D eigenvalue weighted by Crippen LogP contribution is 2.37. The van der Waals surface area contributed by atoms with Gasteiger partial charge in [-0.05, 0) is 57.2 Å². The number of nitrogens with two attached hydrogens (primary N) is 1. The molecular formula is C18H24N4S. The van der Waals surface area contributed by atoms with Crippen molar-refractivity contribution in [3.05, 3.63) is 34.6 Å². The van der Waals surface area contributed by atoms with Crippen LogP contribution in [0.15, 0.2) is 12.1 Å². The molecule has 3 rings (SSSR count). The summed E-state index contributed by atoms with van der Waals surface area (Å²) in [6.07, 6.45) is 2.23. The zero-order valence-corrected chi connectivity index (χ0v) is 15.3. The van der Waals surface area contributed by atoms with E-state index in [4.69, 9.17) is 15.8 Å². The highest BCUT2D eigenvalue weighted by atomic mass is 32.1. The van der Waals surface area contributed by atoms with Gasteiger partial charge in [0.05, 0.1) is 21.3 Å². The van der Waals surface area contributed by atoms with Gasteiger partial charge in [-0.3, -0.25) is 0 Å². The molecule has 0 bridgehead atoms. The van der Waals surface area contributed by atoms with E-state index in [9.17, 15) is 0 Å². The third-order valence-corrected chi connectivity index (χ3v) is 5.56. The Morgan fingerprint density at radius 3 is 2.43 bits per heavy atom. The van der Waals surface area contributed by atoms with Crippen molar-refractivity contribution < 1.29 is 0 Å². The molecule has 0 unspecified atom stereocenters. The Bertz CT molecular complexity index is 856.